The van der Waals surface area contributed by atoms with E-state index in [0.29, 0.717) is 37.9 Å². The molecule has 2 aliphatic heterocycles. The van der Waals surface area contributed by atoms with Crippen molar-refractivity contribution in [3.63, 3.8) is 0 Å². The summed E-state index contributed by atoms with van der Waals surface area (Å²) in [6.07, 6.45) is 4.89. The average molecular weight is 277 g/mol. The van der Waals surface area contributed by atoms with Gasteiger partial charge in [-0.2, -0.15) is 0 Å². The zero-order valence-corrected chi connectivity index (χ0v) is 11.5. The topological polar surface area (TPSA) is 64.6 Å². The fraction of sp³-hybridized carbons (Fsp3) is 0.643. The predicted molar refractivity (Wildman–Crippen MR) is 72.9 cm³/mol. The zero-order chi connectivity index (χ0) is 13.8. The second-order valence-corrected chi connectivity index (χ2v) is 5.12. The van der Waals surface area contributed by atoms with Gasteiger partial charge in [0.05, 0.1) is 18.8 Å². The number of nitrogens with zero attached hydrogens (tertiary/aromatic N) is 3. The molecule has 0 spiro atoms. The summed E-state index contributed by atoms with van der Waals surface area (Å²) in [5, 5.41) is 0. The molecule has 0 unspecified atom stereocenters. The van der Waals surface area contributed by atoms with Crippen LogP contribution >= 0.6 is 0 Å². The lowest BCUT2D eigenvalue weighted by Gasteiger charge is -2.26. The number of hydrogen-bond donors (Lipinski definition) is 0. The number of anilines is 1. The van der Waals surface area contributed by atoms with E-state index in [1.54, 1.807) is 12.4 Å². The number of Topliss-reactive ketones (excluding diaryl/α,β-unsaturated/α-hetero) is 1. The van der Waals surface area contributed by atoms with Crippen molar-refractivity contribution in [2.75, 3.05) is 44.4 Å². The molecule has 6 nitrogen and oxygen atoms in total. The molecule has 3 rings (SSSR count). The summed E-state index contributed by atoms with van der Waals surface area (Å²) in [6, 6.07) is 0. The van der Waals surface area contributed by atoms with Gasteiger partial charge >= 0.3 is 0 Å². The number of hydrogen-bond acceptors (Lipinski definition) is 6. The Balaban J connectivity index is 1.67. The minimum Gasteiger partial charge on any atom is -0.381 e. The van der Waals surface area contributed by atoms with Gasteiger partial charge in [0.1, 0.15) is 0 Å². The van der Waals surface area contributed by atoms with Gasteiger partial charge in [-0.15, -0.1) is 0 Å². The third-order valence-corrected chi connectivity index (χ3v) is 3.81. The van der Waals surface area contributed by atoms with Crippen LogP contribution in [0.1, 0.15) is 23.2 Å². The summed E-state index contributed by atoms with van der Waals surface area (Å²) in [5.74, 6) is 0.875. The number of ketones is 1. The summed E-state index contributed by atoms with van der Waals surface area (Å²) < 4.78 is 10.6. The molecule has 2 aliphatic rings. The summed E-state index contributed by atoms with van der Waals surface area (Å²) in [5.41, 5.74) is 0.605. The molecule has 20 heavy (non-hydrogen) atoms. The lowest BCUT2D eigenvalue weighted by molar-refractivity contribution is 0.0544. The lowest BCUT2D eigenvalue weighted by atomic mass is 9.92. The van der Waals surface area contributed by atoms with Crippen LogP contribution in [-0.4, -0.2) is 55.3 Å². The van der Waals surface area contributed by atoms with E-state index < -0.39 is 0 Å². The highest BCUT2D eigenvalue weighted by atomic mass is 16.5. The summed E-state index contributed by atoms with van der Waals surface area (Å²) in [6.45, 7) is 4.34. The molecular weight excluding hydrogens is 258 g/mol. The molecule has 0 amide bonds. The molecule has 0 atom stereocenters. The van der Waals surface area contributed by atoms with E-state index in [1.807, 2.05) is 0 Å². The van der Waals surface area contributed by atoms with Gasteiger partial charge in [-0.05, 0) is 12.8 Å². The van der Waals surface area contributed by atoms with E-state index in [2.05, 4.69) is 14.9 Å². The first-order valence-electron chi connectivity index (χ1n) is 7.11. The van der Waals surface area contributed by atoms with Crippen LogP contribution in [0.3, 0.4) is 0 Å². The van der Waals surface area contributed by atoms with Crippen LogP contribution < -0.4 is 4.90 Å². The Morgan fingerprint density at radius 1 is 1.05 bits per heavy atom. The second-order valence-electron chi connectivity index (χ2n) is 5.12. The van der Waals surface area contributed by atoms with Crippen LogP contribution in [0.4, 0.5) is 5.95 Å². The third kappa shape index (κ3) is 2.96. The standard InChI is InChI=1S/C14H19N3O3/c18-13(11-1-5-19-6-2-11)12-9-15-14(16-10-12)17-3-7-20-8-4-17/h9-11H,1-8H2. The molecule has 0 aromatic carbocycles. The van der Waals surface area contributed by atoms with Gasteiger partial charge in [-0.3, -0.25) is 4.79 Å². The fourth-order valence-corrected chi connectivity index (χ4v) is 2.57. The van der Waals surface area contributed by atoms with Crippen molar-refractivity contribution in [2.24, 2.45) is 5.92 Å². The number of carbonyl (C=O) groups is 1. The van der Waals surface area contributed by atoms with Gasteiger partial charge in [0, 0.05) is 44.6 Å². The summed E-state index contributed by atoms with van der Waals surface area (Å²) in [4.78, 5) is 23.0. The normalized spacial score (nSPS) is 20.9. The maximum Gasteiger partial charge on any atom is 0.225 e. The summed E-state index contributed by atoms with van der Waals surface area (Å²) in [7, 11) is 0. The predicted octanol–water partition coefficient (Wildman–Crippen LogP) is 0.922. The minimum atomic E-state index is 0.0570. The van der Waals surface area contributed by atoms with Crippen molar-refractivity contribution < 1.29 is 14.3 Å². The molecule has 2 saturated heterocycles. The van der Waals surface area contributed by atoms with Gasteiger partial charge in [-0.1, -0.05) is 0 Å². The first kappa shape index (κ1) is 13.5. The van der Waals surface area contributed by atoms with Gasteiger partial charge < -0.3 is 14.4 Å². The molecular formula is C14H19N3O3. The van der Waals surface area contributed by atoms with Crippen molar-refractivity contribution in [3.8, 4) is 0 Å². The maximum absolute atomic E-state index is 12.3. The highest BCUT2D eigenvalue weighted by molar-refractivity contribution is 5.97. The number of aromatic nitrogens is 2. The molecule has 0 bridgehead atoms. The van der Waals surface area contributed by atoms with E-state index in [1.165, 1.54) is 0 Å². The van der Waals surface area contributed by atoms with Gasteiger partial charge in [0.25, 0.3) is 0 Å². The molecule has 6 heteroatoms. The smallest absolute Gasteiger partial charge is 0.225 e. The Kier molecular flexibility index (Phi) is 4.22. The first-order chi connectivity index (χ1) is 9.84. The Labute approximate surface area is 118 Å². The molecule has 0 radical (unpaired) electrons. The van der Waals surface area contributed by atoms with Crippen LogP contribution in [0.15, 0.2) is 12.4 Å². The molecule has 0 aliphatic carbocycles. The van der Waals surface area contributed by atoms with E-state index in [9.17, 15) is 4.79 Å². The second kappa shape index (κ2) is 6.28. The Hall–Kier alpha value is -1.53. The monoisotopic (exact) mass is 277 g/mol. The van der Waals surface area contributed by atoms with Crippen LogP contribution in [-0.2, 0) is 9.47 Å². The Bertz CT molecular complexity index is 451. The van der Waals surface area contributed by atoms with Crippen LogP contribution in [0.2, 0.25) is 0 Å². The number of morpholine rings is 1. The molecule has 3 heterocycles. The van der Waals surface area contributed by atoms with Crippen LogP contribution in [0.25, 0.3) is 0 Å². The minimum absolute atomic E-state index is 0.0570. The van der Waals surface area contributed by atoms with E-state index in [-0.39, 0.29) is 11.7 Å². The molecule has 2 fully saturated rings. The Morgan fingerprint density at radius 3 is 2.30 bits per heavy atom. The van der Waals surface area contributed by atoms with Crippen LogP contribution in [0.5, 0.6) is 0 Å². The van der Waals surface area contributed by atoms with Crippen molar-refractivity contribution >= 4 is 11.7 Å². The van der Waals surface area contributed by atoms with Crippen molar-refractivity contribution in [3.05, 3.63) is 18.0 Å². The summed E-state index contributed by atoms with van der Waals surface area (Å²) >= 11 is 0. The largest absolute Gasteiger partial charge is 0.381 e. The molecule has 108 valence electrons. The van der Waals surface area contributed by atoms with Crippen molar-refractivity contribution in [2.45, 2.75) is 12.8 Å². The molecule has 1 aromatic heterocycles. The highest BCUT2D eigenvalue weighted by Gasteiger charge is 2.23. The van der Waals surface area contributed by atoms with Crippen LogP contribution in [0, 0.1) is 5.92 Å². The maximum atomic E-state index is 12.3. The van der Waals surface area contributed by atoms with Gasteiger partial charge in [0.15, 0.2) is 5.78 Å². The Morgan fingerprint density at radius 2 is 1.65 bits per heavy atom. The SMILES string of the molecule is O=C(c1cnc(N2CCOCC2)nc1)C1CCOCC1. The zero-order valence-electron chi connectivity index (χ0n) is 11.5. The number of ether oxygens (including phenoxy) is 2. The number of rotatable bonds is 3. The average Bonchev–Trinajstić information content (AvgIpc) is 2.56. The van der Waals surface area contributed by atoms with E-state index >= 15 is 0 Å². The third-order valence-electron chi connectivity index (χ3n) is 3.81. The molecule has 1 aromatic rings. The highest BCUT2D eigenvalue weighted by Crippen LogP contribution is 2.20. The van der Waals surface area contributed by atoms with Crippen molar-refractivity contribution in [1.82, 2.24) is 9.97 Å². The fourth-order valence-electron chi connectivity index (χ4n) is 2.57. The van der Waals surface area contributed by atoms with Crippen molar-refractivity contribution in [1.29, 1.82) is 0 Å². The molecule has 0 saturated carbocycles. The van der Waals surface area contributed by atoms with E-state index in [4.69, 9.17) is 9.47 Å². The molecule has 0 N–H and O–H groups in total. The quantitative estimate of drug-likeness (QED) is 0.766. The number of carbonyl (C=O) groups excluding carboxylic acids is 1. The van der Waals surface area contributed by atoms with Gasteiger partial charge in [0.2, 0.25) is 5.95 Å². The first-order valence-corrected chi connectivity index (χ1v) is 7.11. The van der Waals surface area contributed by atoms with Gasteiger partial charge in [-0.25, -0.2) is 9.97 Å². The van der Waals surface area contributed by atoms with E-state index in [0.717, 1.165) is 25.9 Å². The lowest BCUT2D eigenvalue weighted by Crippen LogP contribution is -2.37.